The summed E-state index contributed by atoms with van der Waals surface area (Å²) in [7, 11) is 0. The van der Waals surface area contributed by atoms with Gasteiger partial charge in [0.1, 0.15) is 0 Å². The van der Waals surface area contributed by atoms with Crippen molar-refractivity contribution in [1.29, 1.82) is 0 Å². The van der Waals surface area contributed by atoms with Crippen LogP contribution in [0.15, 0.2) is 48.7 Å². The highest BCUT2D eigenvalue weighted by molar-refractivity contribution is 5.76. The van der Waals surface area contributed by atoms with Gasteiger partial charge in [-0.15, -0.1) is 5.10 Å². The summed E-state index contributed by atoms with van der Waals surface area (Å²) in [6.45, 7) is 7.79. The summed E-state index contributed by atoms with van der Waals surface area (Å²) in [4.78, 5) is 19.5. The molecule has 5 rings (SSSR count). The normalized spacial score (nSPS) is 16.3. The standard InChI is InChI=1S/C27H32N6O/c1-19-17-28-25-12-13-26(30-32(19)25)33-21(3)24(20(2)29-33)11-14-27(34)31-15-7-10-23(18-31)16-22-8-5-4-6-9-22/h4-6,8-9,12-13,17,23H,7,10-11,14-16,18H2,1-3H3. The van der Waals surface area contributed by atoms with E-state index in [-0.39, 0.29) is 5.91 Å². The highest BCUT2D eigenvalue weighted by Crippen LogP contribution is 2.23. The van der Waals surface area contributed by atoms with Crippen molar-refractivity contribution in [1.82, 2.24) is 29.3 Å². The van der Waals surface area contributed by atoms with Gasteiger partial charge in [-0.05, 0) is 75.6 Å². The Bertz CT molecular complexity index is 1310. The molecule has 4 aromatic rings. The second-order valence-electron chi connectivity index (χ2n) is 9.46. The molecule has 1 amide bonds. The number of benzene rings is 1. The average Bonchev–Trinajstić information content (AvgIpc) is 3.36. The van der Waals surface area contributed by atoms with Gasteiger partial charge in [0, 0.05) is 25.2 Å². The number of piperidine rings is 1. The van der Waals surface area contributed by atoms with E-state index in [1.165, 1.54) is 12.0 Å². The number of amides is 1. The Balaban J connectivity index is 1.25. The largest absolute Gasteiger partial charge is 0.342 e. The molecule has 7 heteroatoms. The van der Waals surface area contributed by atoms with Crippen molar-refractivity contribution in [2.24, 2.45) is 5.92 Å². The zero-order valence-electron chi connectivity index (χ0n) is 20.2. The quantitative estimate of drug-likeness (QED) is 0.435. The number of likely N-dealkylation sites (tertiary alicyclic amines) is 1. The number of aryl methyl sites for hydroxylation is 2. The summed E-state index contributed by atoms with van der Waals surface area (Å²) in [6, 6.07) is 14.5. The van der Waals surface area contributed by atoms with Crippen molar-refractivity contribution in [2.45, 2.75) is 52.9 Å². The molecule has 1 atom stereocenters. The lowest BCUT2D eigenvalue weighted by Gasteiger charge is -2.33. The zero-order valence-corrected chi connectivity index (χ0v) is 20.2. The number of nitrogens with zero attached hydrogens (tertiary/aromatic N) is 6. The summed E-state index contributed by atoms with van der Waals surface area (Å²) in [5, 5.41) is 9.46. The first-order chi connectivity index (χ1) is 16.5. The Labute approximate surface area is 200 Å². The molecule has 176 valence electrons. The first-order valence-corrected chi connectivity index (χ1v) is 12.2. The van der Waals surface area contributed by atoms with Crippen LogP contribution in [0.3, 0.4) is 0 Å². The van der Waals surface area contributed by atoms with Crippen LogP contribution in [0.25, 0.3) is 11.5 Å². The van der Waals surface area contributed by atoms with Crippen LogP contribution in [0, 0.1) is 26.7 Å². The molecular weight excluding hydrogens is 424 g/mol. The van der Waals surface area contributed by atoms with Crippen molar-refractivity contribution >= 4 is 11.6 Å². The number of hydrogen-bond donors (Lipinski definition) is 0. The molecule has 3 aromatic heterocycles. The highest BCUT2D eigenvalue weighted by atomic mass is 16.2. The van der Waals surface area contributed by atoms with E-state index in [1.54, 1.807) is 0 Å². The van der Waals surface area contributed by atoms with Crippen LogP contribution in [0.1, 0.15) is 47.5 Å². The molecule has 1 aliphatic heterocycles. The second-order valence-corrected chi connectivity index (χ2v) is 9.46. The Morgan fingerprint density at radius 1 is 1.06 bits per heavy atom. The van der Waals surface area contributed by atoms with E-state index < -0.39 is 0 Å². The van der Waals surface area contributed by atoms with Gasteiger partial charge < -0.3 is 4.90 Å². The molecule has 1 aliphatic rings. The number of carbonyl (C=O) groups excluding carboxylic acids is 1. The molecule has 34 heavy (non-hydrogen) atoms. The molecule has 0 bridgehead atoms. The molecule has 1 unspecified atom stereocenters. The smallest absolute Gasteiger partial charge is 0.222 e. The Morgan fingerprint density at radius 3 is 2.71 bits per heavy atom. The minimum absolute atomic E-state index is 0.248. The number of imidazole rings is 1. The Hall–Kier alpha value is -3.48. The fraction of sp³-hybridized carbons (Fsp3) is 0.407. The third-order valence-electron chi connectivity index (χ3n) is 7.00. The molecule has 4 heterocycles. The minimum atomic E-state index is 0.248. The van der Waals surface area contributed by atoms with E-state index >= 15 is 0 Å². The SMILES string of the molecule is Cc1nn(-c2ccc3ncc(C)n3n2)c(C)c1CCC(=O)N1CCCC(Cc2ccccc2)C1. The van der Waals surface area contributed by atoms with Gasteiger partial charge in [-0.2, -0.15) is 5.10 Å². The van der Waals surface area contributed by atoms with Gasteiger partial charge in [-0.1, -0.05) is 30.3 Å². The molecule has 0 N–H and O–H groups in total. The van der Waals surface area contributed by atoms with Gasteiger partial charge >= 0.3 is 0 Å². The number of fused-ring (bicyclic) bond motifs is 1. The maximum atomic E-state index is 13.1. The molecular formula is C27H32N6O. The van der Waals surface area contributed by atoms with Crippen molar-refractivity contribution in [2.75, 3.05) is 13.1 Å². The average molecular weight is 457 g/mol. The Morgan fingerprint density at radius 2 is 1.88 bits per heavy atom. The van der Waals surface area contributed by atoms with Crippen molar-refractivity contribution < 1.29 is 4.79 Å². The summed E-state index contributed by atoms with van der Waals surface area (Å²) in [6.07, 6.45) is 6.35. The van der Waals surface area contributed by atoms with E-state index in [1.807, 2.05) is 41.4 Å². The van der Waals surface area contributed by atoms with E-state index in [0.29, 0.717) is 18.8 Å². The molecule has 0 saturated carbocycles. The third-order valence-corrected chi connectivity index (χ3v) is 7.00. The minimum Gasteiger partial charge on any atom is -0.342 e. The maximum absolute atomic E-state index is 13.1. The fourth-order valence-electron chi connectivity index (χ4n) is 5.15. The van der Waals surface area contributed by atoms with Gasteiger partial charge in [-0.3, -0.25) is 4.79 Å². The summed E-state index contributed by atoms with van der Waals surface area (Å²) < 4.78 is 3.71. The van der Waals surface area contributed by atoms with E-state index in [0.717, 1.165) is 60.0 Å². The summed E-state index contributed by atoms with van der Waals surface area (Å²) in [5.41, 5.74) is 6.29. The van der Waals surface area contributed by atoms with Crippen molar-refractivity contribution in [3.63, 3.8) is 0 Å². The second kappa shape index (κ2) is 9.41. The van der Waals surface area contributed by atoms with Crippen LogP contribution in [0.5, 0.6) is 0 Å². The predicted molar refractivity (Wildman–Crippen MR) is 132 cm³/mol. The van der Waals surface area contributed by atoms with Crippen LogP contribution in [0.4, 0.5) is 0 Å². The van der Waals surface area contributed by atoms with Crippen LogP contribution in [-0.2, 0) is 17.6 Å². The first-order valence-electron chi connectivity index (χ1n) is 12.2. The van der Waals surface area contributed by atoms with E-state index in [2.05, 4.69) is 47.1 Å². The lowest BCUT2D eigenvalue weighted by atomic mass is 9.91. The molecule has 1 aromatic carbocycles. The van der Waals surface area contributed by atoms with Gasteiger partial charge in [0.15, 0.2) is 11.5 Å². The molecule has 0 aliphatic carbocycles. The molecule has 1 saturated heterocycles. The monoisotopic (exact) mass is 456 g/mol. The van der Waals surface area contributed by atoms with Crippen LogP contribution in [-0.4, -0.2) is 48.3 Å². The number of carbonyl (C=O) groups is 1. The summed E-state index contributed by atoms with van der Waals surface area (Å²) in [5.74, 6) is 1.54. The first kappa shape index (κ1) is 22.3. The molecule has 0 radical (unpaired) electrons. The van der Waals surface area contributed by atoms with Gasteiger partial charge in [-0.25, -0.2) is 14.2 Å². The fourth-order valence-corrected chi connectivity index (χ4v) is 5.15. The maximum Gasteiger partial charge on any atom is 0.222 e. The number of hydrogen-bond acceptors (Lipinski definition) is 4. The van der Waals surface area contributed by atoms with E-state index in [9.17, 15) is 4.79 Å². The predicted octanol–water partition coefficient (Wildman–Crippen LogP) is 4.25. The van der Waals surface area contributed by atoms with Gasteiger partial charge in [0.05, 0.1) is 17.6 Å². The lowest BCUT2D eigenvalue weighted by Crippen LogP contribution is -2.40. The Kier molecular flexibility index (Phi) is 6.18. The van der Waals surface area contributed by atoms with E-state index in [4.69, 9.17) is 10.2 Å². The zero-order chi connectivity index (χ0) is 23.7. The van der Waals surface area contributed by atoms with Crippen LogP contribution >= 0.6 is 0 Å². The van der Waals surface area contributed by atoms with Crippen LogP contribution < -0.4 is 0 Å². The molecule has 7 nitrogen and oxygen atoms in total. The van der Waals surface area contributed by atoms with Crippen LogP contribution in [0.2, 0.25) is 0 Å². The number of aromatic nitrogens is 5. The van der Waals surface area contributed by atoms with Crippen molar-refractivity contribution in [3.8, 4) is 5.82 Å². The molecule has 0 spiro atoms. The van der Waals surface area contributed by atoms with Crippen molar-refractivity contribution in [3.05, 3.63) is 76.9 Å². The lowest BCUT2D eigenvalue weighted by molar-refractivity contribution is -0.132. The molecule has 1 fully saturated rings. The third kappa shape index (κ3) is 4.47. The van der Waals surface area contributed by atoms with Gasteiger partial charge in [0.2, 0.25) is 5.91 Å². The topological polar surface area (TPSA) is 68.3 Å². The number of rotatable bonds is 6. The highest BCUT2D eigenvalue weighted by Gasteiger charge is 2.24. The summed E-state index contributed by atoms with van der Waals surface area (Å²) >= 11 is 0. The van der Waals surface area contributed by atoms with Gasteiger partial charge in [0.25, 0.3) is 0 Å².